The van der Waals surface area contributed by atoms with Crippen LogP contribution < -0.4 is 20.2 Å². The first-order chi connectivity index (χ1) is 13.5. The third-order valence-electron chi connectivity index (χ3n) is 3.82. The molecule has 28 heavy (non-hydrogen) atoms. The lowest BCUT2D eigenvalue weighted by Gasteiger charge is -2.09. The minimum atomic E-state index is -0.393. The summed E-state index contributed by atoms with van der Waals surface area (Å²) in [5.41, 5.74) is 4.81. The highest BCUT2D eigenvalue weighted by molar-refractivity contribution is 6.00. The van der Waals surface area contributed by atoms with E-state index in [-0.39, 0.29) is 18.9 Å². The number of methoxy groups -OCH3 is 1. The molecule has 0 fully saturated rings. The van der Waals surface area contributed by atoms with Crippen LogP contribution in [-0.4, -0.2) is 31.2 Å². The van der Waals surface area contributed by atoms with Crippen LogP contribution in [0.1, 0.15) is 24.5 Å². The van der Waals surface area contributed by atoms with Gasteiger partial charge in [0.15, 0.2) is 6.61 Å². The Labute approximate surface area is 164 Å². The Morgan fingerprint density at radius 3 is 2.61 bits per heavy atom. The molecule has 2 aromatic rings. The summed E-state index contributed by atoms with van der Waals surface area (Å²) in [6, 6.07) is 14.9. The number of aryl methyl sites for hydroxylation is 1. The fraction of sp³-hybridized carbons (Fsp3) is 0.286. The Hall–Kier alpha value is -3.35. The molecule has 0 aromatic heterocycles. The van der Waals surface area contributed by atoms with Crippen molar-refractivity contribution in [3.63, 3.8) is 0 Å². The average molecular weight is 383 g/mol. The molecule has 0 saturated carbocycles. The Kier molecular flexibility index (Phi) is 8.02. The molecule has 0 unspecified atom stereocenters. The topological polar surface area (TPSA) is 89.0 Å². The highest BCUT2D eigenvalue weighted by Crippen LogP contribution is 2.16. The molecule has 2 N–H and O–H groups in total. The minimum Gasteiger partial charge on any atom is -0.496 e. The summed E-state index contributed by atoms with van der Waals surface area (Å²) in [6.45, 7) is 3.82. The first-order valence-electron chi connectivity index (χ1n) is 8.88. The van der Waals surface area contributed by atoms with Gasteiger partial charge in [-0.05, 0) is 37.6 Å². The van der Waals surface area contributed by atoms with Gasteiger partial charge in [-0.3, -0.25) is 9.59 Å². The summed E-state index contributed by atoms with van der Waals surface area (Å²) in [6.07, 6.45) is 0.0775. The molecule has 0 aliphatic carbocycles. The molecule has 7 heteroatoms. The van der Waals surface area contributed by atoms with Crippen LogP contribution >= 0.6 is 0 Å². The number of benzene rings is 2. The van der Waals surface area contributed by atoms with Crippen molar-refractivity contribution in [3.8, 4) is 11.5 Å². The van der Waals surface area contributed by atoms with E-state index in [4.69, 9.17) is 9.47 Å². The van der Waals surface area contributed by atoms with Crippen LogP contribution in [0.3, 0.4) is 0 Å². The zero-order chi connectivity index (χ0) is 20.4. The van der Waals surface area contributed by atoms with Gasteiger partial charge in [-0.25, -0.2) is 5.43 Å². The van der Waals surface area contributed by atoms with Crippen LogP contribution in [0, 0.1) is 6.92 Å². The summed E-state index contributed by atoms with van der Waals surface area (Å²) in [5.74, 6) is 0.744. The van der Waals surface area contributed by atoms with Gasteiger partial charge in [0.1, 0.15) is 11.5 Å². The van der Waals surface area contributed by atoms with Gasteiger partial charge >= 0.3 is 0 Å². The normalized spacial score (nSPS) is 10.9. The maximum Gasteiger partial charge on any atom is 0.277 e. The van der Waals surface area contributed by atoms with Crippen molar-refractivity contribution in [1.29, 1.82) is 0 Å². The molecule has 0 bridgehead atoms. The van der Waals surface area contributed by atoms with Crippen molar-refractivity contribution in [1.82, 2.24) is 10.7 Å². The molecule has 148 valence electrons. The van der Waals surface area contributed by atoms with Gasteiger partial charge in [-0.2, -0.15) is 5.10 Å². The van der Waals surface area contributed by atoms with Gasteiger partial charge < -0.3 is 14.8 Å². The van der Waals surface area contributed by atoms with Crippen molar-refractivity contribution in [2.45, 2.75) is 26.8 Å². The lowest BCUT2D eigenvalue weighted by Crippen LogP contribution is -2.28. The SMILES string of the molecule is COc1ccccc1CNC(=O)C/C(C)=N\NC(=O)COc1cccc(C)c1. The van der Waals surface area contributed by atoms with Crippen molar-refractivity contribution in [3.05, 3.63) is 59.7 Å². The molecule has 2 amide bonds. The maximum absolute atomic E-state index is 12.0. The largest absolute Gasteiger partial charge is 0.496 e. The fourth-order valence-corrected chi connectivity index (χ4v) is 2.42. The number of hydrogen-bond donors (Lipinski definition) is 2. The number of carbonyl (C=O) groups is 2. The van der Waals surface area contributed by atoms with Crippen LogP contribution in [0.25, 0.3) is 0 Å². The predicted molar refractivity (Wildman–Crippen MR) is 107 cm³/mol. The number of hydrazone groups is 1. The molecule has 0 spiro atoms. The van der Waals surface area contributed by atoms with Crippen LogP contribution in [0.4, 0.5) is 0 Å². The molecular formula is C21H25N3O4. The second-order valence-corrected chi connectivity index (χ2v) is 6.25. The Balaban J connectivity index is 1.73. The number of rotatable bonds is 9. The average Bonchev–Trinajstić information content (AvgIpc) is 2.69. The van der Waals surface area contributed by atoms with Gasteiger partial charge in [0.25, 0.3) is 5.91 Å². The number of nitrogens with zero attached hydrogens (tertiary/aromatic N) is 1. The highest BCUT2D eigenvalue weighted by atomic mass is 16.5. The van der Waals surface area contributed by atoms with Crippen molar-refractivity contribution in [2.24, 2.45) is 5.10 Å². The molecule has 2 rings (SSSR count). The monoisotopic (exact) mass is 383 g/mol. The van der Waals surface area contributed by atoms with E-state index >= 15 is 0 Å². The second-order valence-electron chi connectivity index (χ2n) is 6.25. The highest BCUT2D eigenvalue weighted by Gasteiger charge is 2.07. The van der Waals surface area contributed by atoms with Gasteiger partial charge in [0.05, 0.1) is 13.5 Å². The minimum absolute atomic E-state index is 0.0775. The molecule has 2 aromatic carbocycles. The summed E-state index contributed by atoms with van der Waals surface area (Å²) in [7, 11) is 1.59. The zero-order valence-corrected chi connectivity index (χ0v) is 16.3. The number of ether oxygens (including phenoxy) is 2. The third-order valence-corrected chi connectivity index (χ3v) is 3.82. The maximum atomic E-state index is 12.0. The van der Waals surface area contributed by atoms with Gasteiger partial charge in [-0.15, -0.1) is 0 Å². The van der Waals surface area contributed by atoms with Crippen LogP contribution in [0.2, 0.25) is 0 Å². The van der Waals surface area contributed by atoms with Crippen molar-refractivity contribution < 1.29 is 19.1 Å². The quantitative estimate of drug-likeness (QED) is 0.515. The summed E-state index contributed by atoms with van der Waals surface area (Å²) in [5, 5.41) is 6.74. The lowest BCUT2D eigenvalue weighted by atomic mass is 10.2. The van der Waals surface area contributed by atoms with E-state index in [9.17, 15) is 9.59 Å². The molecule has 0 saturated heterocycles. The van der Waals surface area contributed by atoms with Crippen molar-refractivity contribution >= 4 is 17.5 Å². The molecule has 0 aliphatic rings. The smallest absolute Gasteiger partial charge is 0.277 e. The Bertz CT molecular complexity index is 849. The predicted octanol–water partition coefficient (Wildman–Crippen LogP) is 2.58. The van der Waals surface area contributed by atoms with E-state index in [2.05, 4.69) is 15.8 Å². The Morgan fingerprint density at radius 2 is 1.86 bits per heavy atom. The molecule has 0 aliphatic heterocycles. The Morgan fingerprint density at radius 1 is 1.07 bits per heavy atom. The van der Waals surface area contributed by atoms with E-state index < -0.39 is 5.91 Å². The lowest BCUT2D eigenvalue weighted by molar-refractivity contribution is -0.123. The molecule has 0 heterocycles. The summed E-state index contributed by atoms with van der Waals surface area (Å²) >= 11 is 0. The van der Waals surface area contributed by atoms with Gasteiger partial charge in [0.2, 0.25) is 5.91 Å². The fourth-order valence-electron chi connectivity index (χ4n) is 2.42. The molecule has 0 atom stereocenters. The van der Waals surface area contributed by atoms with E-state index in [0.29, 0.717) is 23.8 Å². The standard InChI is InChI=1S/C21H25N3O4/c1-15-7-6-9-18(11-15)28-14-21(26)24-23-16(2)12-20(25)22-13-17-8-4-5-10-19(17)27-3/h4-11H,12-14H2,1-3H3,(H,22,25)(H,24,26)/b23-16-. The van der Waals surface area contributed by atoms with Gasteiger partial charge in [-0.1, -0.05) is 30.3 Å². The molecule has 7 nitrogen and oxygen atoms in total. The summed E-state index contributed by atoms with van der Waals surface area (Å²) in [4.78, 5) is 23.9. The van der Waals surface area contributed by atoms with E-state index in [0.717, 1.165) is 11.1 Å². The number of hydrogen-bond acceptors (Lipinski definition) is 5. The first kappa shape index (κ1) is 21.0. The zero-order valence-electron chi connectivity index (χ0n) is 16.3. The van der Waals surface area contributed by atoms with Crippen LogP contribution in [-0.2, 0) is 16.1 Å². The third kappa shape index (κ3) is 7.11. The van der Waals surface area contributed by atoms with Crippen molar-refractivity contribution in [2.75, 3.05) is 13.7 Å². The van der Waals surface area contributed by atoms with Crippen LogP contribution in [0.15, 0.2) is 53.6 Å². The molecule has 0 radical (unpaired) electrons. The number of para-hydroxylation sites is 1. The van der Waals surface area contributed by atoms with Crippen LogP contribution in [0.5, 0.6) is 11.5 Å². The molecular weight excluding hydrogens is 358 g/mol. The number of nitrogens with one attached hydrogen (secondary N) is 2. The summed E-state index contributed by atoms with van der Waals surface area (Å²) < 4.78 is 10.6. The number of carbonyl (C=O) groups excluding carboxylic acids is 2. The first-order valence-corrected chi connectivity index (χ1v) is 8.88. The second kappa shape index (κ2) is 10.7. The van der Waals surface area contributed by atoms with Gasteiger partial charge in [0, 0.05) is 17.8 Å². The number of amides is 2. The van der Waals surface area contributed by atoms with E-state index in [1.165, 1.54) is 0 Å². The van der Waals surface area contributed by atoms with E-state index in [1.807, 2.05) is 49.4 Å². The van der Waals surface area contributed by atoms with E-state index in [1.54, 1.807) is 20.1 Å².